The molecule has 0 spiro atoms. The highest BCUT2D eigenvalue weighted by Crippen LogP contribution is 2.43. The first-order valence-electron chi connectivity index (χ1n) is 13.4. The molecule has 38 heavy (non-hydrogen) atoms. The van der Waals surface area contributed by atoms with Gasteiger partial charge in [-0.25, -0.2) is 0 Å². The van der Waals surface area contributed by atoms with Crippen LogP contribution in [0.15, 0.2) is 12.3 Å². The maximum absolute atomic E-state index is 9.25. The number of aromatic nitrogens is 4. The van der Waals surface area contributed by atoms with Crippen molar-refractivity contribution in [2.75, 3.05) is 44.7 Å². The molecule has 3 aliphatic rings. The van der Waals surface area contributed by atoms with Gasteiger partial charge >= 0.3 is 6.01 Å². The topological polar surface area (TPSA) is 115 Å². The van der Waals surface area contributed by atoms with Gasteiger partial charge in [0.1, 0.15) is 18.5 Å². The lowest BCUT2D eigenvalue weighted by Gasteiger charge is -2.36. The second kappa shape index (κ2) is 10.6. The van der Waals surface area contributed by atoms with Crippen LogP contribution in [0.5, 0.6) is 11.9 Å². The molecule has 0 saturated carbocycles. The molecule has 2 N–H and O–H groups in total. The molecule has 11 heteroatoms. The Kier molecular flexibility index (Phi) is 6.99. The molecule has 0 aliphatic carbocycles. The van der Waals surface area contributed by atoms with Gasteiger partial charge in [-0.1, -0.05) is 11.6 Å². The van der Waals surface area contributed by atoms with Crippen LogP contribution in [0, 0.1) is 18.3 Å². The van der Waals surface area contributed by atoms with Crippen LogP contribution in [0.4, 0.5) is 5.82 Å². The van der Waals surface area contributed by atoms with Crippen LogP contribution in [0.25, 0.3) is 10.9 Å². The summed E-state index contributed by atoms with van der Waals surface area (Å²) >= 11 is 6.83. The van der Waals surface area contributed by atoms with Crippen LogP contribution in [0.3, 0.4) is 0 Å². The van der Waals surface area contributed by atoms with Crippen molar-refractivity contribution < 1.29 is 9.47 Å². The first-order chi connectivity index (χ1) is 18.5. The number of likely N-dealkylation sites (N-methyl/N-ethyl adjacent to an activating group) is 1. The van der Waals surface area contributed by atoms with Crippen molar-refractivity contribution in [2.24, 2.45) is 0 Å². The quantitative estimate of drug-likeness (QED) is 0.488. The Bertz CT molecular complexity index is 1370. The summed E-state index contributed by atoms with van der Waals surface area (Å²) in [6, 6.07) is 5.08. The number of hydrogen-bond acceptors (Lipinski definition) is 9. The molecule has 2 unspecified atom stereocenters. The lowest BCUT2D eigenvalue weighted by atomic mass is 9.95. The monoisotopic (exact) mass is 536 g/mol. The number of nitriles is 1. The van der Waals surface area contributed by atoms with E-state index in [0.717, 1.165) is 72.3 Å². The third-order valence-electron chi connectivity index (χ3n) is 8.03. The van der Waals surface area contributed by atoms with E-state index in [1.54, 1.807) is 0 Å². The second-order valence-electron chi connectivity index (χ2n) is 10.6. The number of aromatic amines is 1. The highest BCUT2D eigenvalue weighted by molar-refractivity contribution is 6.33. The van der Waals surface area contributed by atoms with Crippen LogP contribution in [-0.4, -0.2) is 77.0 Å². The van der Waals surface area contributed by atoms with E-state index in [0.29, 0.717) is 42.5 Å². The van der Waals surface area contributed by atoms with Gasteiger partial charge in [0.05, 0.1) is 34.8 Å². The van der Waals surface area contributed by atoms with Crippen LogP contribution in [0.2, 0.25) is 5.02 Å². The van der Waals surface area contributed by atoms with Gasteiger partial charge in [0, 0.05) is 42.7 Å². The fraction of sp³-hybridized carbons (Fsp3) is 0.556. The number of H-pyrrole nitrogens is 1. The number of ether oxygens (including phenoxy) is 2. The van der Waals surface area contributed by atoms with Crippen molar-refractivity contribution in [2.45, 2.75) is 57.2 Å². The Hall–Kier alpha value is -3.13. The molecule has 2 saturated heterocycles. The summed E-state index contributed by atoms with van der Waals surface area (Å²) in [4.78, 5) is 14.2. The molecule has 10 nitrogen and oxygen atoms in total. The Balaban J connectivity index is 1.34. The lowest BCUT2D eigenvalue weighted by molar-refractivity contribution is 0.158. The molecule has 2 fully saturated rings. The number of piperazine rings is 1. The number of benzene rings is 1. The first-order valence-corrected chi connectivity index (χ1v) is 13.8. The van der Waals surface area contributed by atoms with E-state index < -0.39 is 0 Å². The summed E-state index contributed by atoms with van der Waals surface area (Å²) < 4.78 is 12.8. The van der Waals surface area contributed by atoms with Crippen molar-refractivity contribution in [1.29, 1.82) is 5.26 Å². The van der Waals surface area contributed by atoms with Gasteiger partial charge in [-0.05, 0) is 57.8 Å². The molecular weight excluding hydrogens is 504 g/mol. The van der Waals surface area contributed by atoms with Crippen LogP contribution in [-0.2, 0) is 6.42 Å². The fourth-order valence-corrected chi connectivity index (χ4v) is 6.20. The number of nitrogens with zero attached hydrogens (tertiary/aromatic N) is 6. The minimum absolute atomic E-state index is 0.0913. The standard InChI is InChI=1S/C27H33ClN8O2/c1-16-12-21-20(13-31-34-21)23(24(16)28)22-6-5-19-25(36-11-9-30-17(14-36)7-8-29)32-27(33-26(19)38-22)37-15-18-4-3-10-35(18)2/h12-13,17-18,22,30H,3-7,9-11,14-15H2,1-2H3,(H,31,34)/t17-,18?,22?/m0/s1. The Morgan fingerprint density at radius 1 is 1.29 bits per heavy atom. The van der Waals surface area contributed by atoms with Crippen molar-refractivity contribution in [3.8, 4) is 18.0 Å². The molecule has 3 aromatic rings. The first kappa shape index (κ1) is 25.2. The minimum Gasteiger partial charge on any atom is -0.469 e. The van der Waals surface area contributed by atoms with E-state index in [1.165, 1.54) is 6.42 Å². The molecule has 5 heterocycles. The van der Waals surface area contributed by atoms with Crippen molar-refractivity contribution in [3.63, 3.8) is 0 Å². The molecule has 0 bridgehead atoms. The van der Waals surface area contributed by atoms with Crippen molar-refractivity contribution in [1.82, 2.24) is 30.4 Å². The SMILES string of the molecule is Cc1cc2[nH]ncc2c(C2CCc3c(nc(OCC4CCCN4C)nc3N3CCN[C@@H](CC#N)C3)O2)c1Cl. The third kappa shape index (κ3) is 4.75. The average Bonchev–Trinajstić information content (AvgIpc) is 3.56. The summed E-state index contributed by atoms with van der Waals surface area (Å²) in [5.41, 5.74) is 3.84. The van der Waals surface area contributed by atoms with Crippen LogP contribution in [0.1, 0.15) is 48.5 Å². The summed E-state index contributed by atoms with van der Waals surface area (Å²) in [5.74, 6) is 1.39. The summed E-state index contributed by atoms with van der Waals surface area (Å²) in [6.45, 7) is 5.89. The van der Waals surface area contributed by atoms with Gasteiger partial charge in [-0.2, -0.15) is 20.3 Å². The average molecular weight is 537 g/mol. The van der Waals surface area contributed by atoms with E-state index in [9.17, 15) is 5.26 Å². The molecular formula is C27H33ClN8O2. The van der Waals surface area contributed by atoms with Gasteiger partial charge in [0.15, 0.2) is 0 Å². The van der Waals surface area contributed by atoms with E-state index in [-0.39, 0.29) is 12.1 Å². The number of likely N-dealkylation sites (tertiary alicyclic amines) is 1. The van der Waals surface area contributed by atoms with E-state index in [2.05, 4.69) is 38.4 Å². The van der Waals surface area contributed by atoms with E-state index in [1.807, 2.05) is 19.2 Å². The number of nitrogens with one attached hydrogen (secondary N) is 2. The van der Waals surface area contributed by atoms with Crippen LogP contribution >= 0.6 is 11.6 Å². The maximum Gasteiger partial charge on any atom is 0.321 e. The Morgan fingerprint density at radius 3 is 3.00 bits per heavy atom. The molecule has 3 atom stereocenters. The fourth-order valence-electron chi connectivity index (χ4n) is 5.92. The lowest BCUT2D eigenvalue weighted by Crippen LogP contribution is -2.51. The summed E-state index contributed by atoms with van der Waals surface area (Å²) in [6.07, 6.45) is 5.76. The normalized spacial score (nSPS) is 23.7. The van der Waals surface area contributed by atoms with Gasteiger partial charge in [0.2, 0.25) is 5.88 Å². The number of hydrogen-bond donors (Lipinski definition) is 2. The largest absolute Gasteiger partial charge is 0.469 e. The molecule has 2 aromatic heterocycles. The number of halogens is 1. The molecule has 200 valence electrons. The van der Waals surface area contributed by atoms with Crippen molar-refractivity contribution >= 4 is 28.3 Å². The number of rotatable bonds is 6. The number of fused-ring (bicyclic) bond motifs is 2. The predicted octanol–water partition coefficient (Wildman–Crippen LogP) is 3.55. The maximum atomic E-state index is 9.25. The summed E-state index contributed by atoms with van der Waals surface area (Å²) in [5, 5.41) is 21.6. The highest BCUT2D eigenvalue weighted by atomic mass is 35.5. The molecule has 0 amide bonds. The molecule has 0 radical (unpaired) electrons. The van der Waals surface area contributed by atoms with Crippen LogP contribution < -0.4 is 19.7 Å². The Morgan fingerprint density at radius 2 is 2.18 bits per heavy atom. The molecule has 1 aromatic carbocycles. The molecule has 3 aliphatic heterocycles. The zero-order chi connectivity index (χ0) is 26.2. The number of anilines is 1. The van der Waals surface area contributed by atoms with Crippen molar-refractivity contribution in [3.05, 3.63) is 34.0 Å². The van der Waals surface area contributed by atoms with Gasteiger partial charge < -0.3 is 24.6 Å². The van der Waals surface area contributed by atoms with Gasteiger partial charge in [-0.15, -0.1) is 0 Å². The highest BCUT2D eigenvalue weighted by Gasteiger charge is 2.33. The van der Waals surface area contributed by atoms with Gasteiger partial charge in [-0.3, -0.25) is 5.10 Å². The van der Waals surface area contributed by atoms with E-state index >= 15 is 0 Å². The predicted molar refractivity (Wildman–Crippen MR) is 145 cm³/mol. The second-order valence-corrected chi connectivity index (χ2v) is 10.9. The molecule has 6 rings (SSSR count). The zero-order valence-corrected chi connectivity index (χ0v) is 22.6. The number of aryl methyl sites for hydroxylation is 1. The third-order valence-corrected chi connectivity index (χ3v) is 8.53. The zero-order valence-electron chi connectivity index (χ0n) is 21.8. The smallest absolute Gasteiger partial charge is 0.321 e. The van der Waals surface area contributed by atoms with Gasteiger partial charge in [0.25, 0.3) is 0 Å². The van der Waals surface area contributed by atoms with E-state index in [4.69, 9.17) is 31.0 Å². The minimum atomic E-state index is -0.263. The summed E-state index contributed by atoms with van der Waals surface area (Å²) in [7, 11) is 2.13. The Labute approximate surface area is 227 Å².